The molecule has 0 fully saturated rings. The monoisotopic (exact) mass is 415 g/mol. The third kappa shape index (κ3) is 6.45. The number of imide groups is 1. The molecule has 0 aliphatic rings. The molecular weight excluding hydrogens is 386 g/mol. The number of nitrogens with one attached hydrogen (secondary N) is 2. The summed E-state index contributed by atoms with van der Waals surface area (Å²) in [4.78, 5) is 23.6. The van der Waals surface area contributed by atoms with Gasteiger partial charge in [-0.05, 0) is 24.8 Å². The van der Waals surface area contributed by atoms with Gasteiger partial charge in [0.1, 0.15) is 0 Å². The molecule has 0 bridgehead atoms. The molecule has 0 aliphatic carbocycles. The third-order valence-electron chi connectivity index (χ3n) is 4.04. The van der Waals surface area contributed by atoms with E-state index in [-0.39, 0.29) is 17.2 Å². The minimum atomic E-state index is -0.502. The van der Waals surface area contributed by atoms with Crippen molar-refractivity contribution < 1.29 is 9.59 Å². The maximum atomic E-state index is 12.0. The summed E-state index contributed by atoms with van der Waals surface area (Å²) < 4.78 is 1.91. The number of thioether (sulfide) groups is 1. The average Bonchev–Trinajstić information content (AvgIpc) is 3.01. The lowest BCUT2D eigenvalue weighted by Gasteiger charge is -2.19. The minimum absolute atomic E-state index is 0.0432. The highest BCUT2D eigenvalue weighted by Gasteiger charge is 2.18. The van der Waals surface area contributed by atoms with E-state index in [1.165, 1.54) is 17.3 Å². The van der Waals surface area contributed by atoms with Crippen LogP contribution in [-0.2, 0) is 16.8 Å². The van der Waals surface area contributed by atoms with Gasteiger partial charge < -0.3 is 5.32 Å². The fourth-order valence-corrected chi connectivity index (χ4v) is 3.36. The topological polar surface area (TPSA) is 88.9 Å². The van der Waals surface area contributed by atoms with Crippen LogP contribution in [-0.4, -0.2) is 38.5 Å². The SMILES string of the molecule is C=CCn1c(SCC(=O)NC(=O)NC(C)C)nnc1-c1ccc(C(C)(C)C)cc1. The number of benzene rings is 1. The number of hydrogen-bond acceptors (Lipinski definition) is 5. The summed E-state index contributed by atoms with van der Waals surface area (Å²) >= 11 is 1.23. The van der Waals surface area contributed by atoms with Crippen LogP contribution in [0.15, 0.2) is 42.1 Å². The van der Waals surface area contributed by atoms with Crippen LogP contribution in [0.2, 0.25) is 0 Å². The summed E-state index contributed by atoms with van der Waals surface area (Å²) in [6.07, 6.45) is 1.76. The van der Waals surface area contributed by atoms with E-state index in [1.807, 2.05) is 30.5 Å². The van der Waals surface area contributed by atoms with E-state index >= 15 is 0 Å². The van der Waals surface area contributed by atoms with E-state index in [4.69, 9.17) is 0 Å². The second kappa shape index (κ2) is 9.73. The van der Waals surface area contributed by atoms with Gasteiger partial charge in [0.25, 0.3) is 0 Å². The number of carbonyl (C=O) groups excluding carboxylic acids is 2. The zero-order valence-corrected chi connectivity index (χ0v) is 18.5. The third-order valence-corrected chi connectivity index (χ3v) is 5.01. The Labute approximate surface area is 176 Å². The summed E-state index contributed by atoms with van der Waals surface area (Å²) in [6, 6.07) is 7.70. The van der Waals surface area contributed by atoms with Crippen LogP contribution in [0.1, 0.15) is 40.2 Å². The molecule has 1 aromatic heterocycles. The summed E-state index contributed by atoms with van der Waals surface area (Å²) in [7, 11) is 0. The lowest BCUT2D eigenvalue weighted by atomic mass is 9.87. The molecule has 7 nitrogen and oxygen atoms in total. The molecule has 2 rings (SSSR count). The first-order valence-electron chi connectivity index (χ1n) is 9.50. The Morgan fingerprint density at radius 2 is 1.86 bits per heavy atom. The molecule has 29 heavy (non-hydrogen) atoms. The Balaban J connectivity index is 2.13. The van der Waals surface area contributed by atoms with Crippen molar-refractivity contribution in [2.75, 3.05) is 5.75 Å². The lowest BCUT2D eigenvalue weighted by molar-refractivity contribution is -0.117. The highest BCUT2D eigenvalue weighted by Crippen LogP contribution is 2.27. The number of amides is 3. The van der Waals surface area contributed by atoms with Crippen molar-refractivity contribution in [1.29, 1.82) is 0 Å². The molecule has 2 N–H and O–H groups in total. The molecule has 2 aromatic rings. The predicted molar refractivity (Wildman–Crippen MR) is 117 cm³/mol. The zero-order valence-electron chi connectivity index (χ0n) is 17.7. The van der Waals surface area contributed by atoms with E-state index in [1.54, 1.807) is 6.08 Å². The molecule has 0 spiro atoms. The van der Waals surface area contributed by atoms with Gasteiger partial charge in [-0.3, -0.25) is 14.7 Å². The van der Waals surface area contributed by atoms with Gasteiger partial charge in [0.2, 0.25) is 5.91 Å². The van der Waals surface area contributed by atoms with Crippen LogP contribution in [0.5, 0.6) is 0 Å². The predicted octanol–water partition coefficient (Wildman–Crippen LogP) is 3.75. The highest BCUT2D eigenvalue weighted by atomic mass is 32.2. The molecule has 1 heterocycles. The van der Waals surface area contributed by atoms with E-state index in [2.05, 4.69) is 60.3 Å². The first kappa shape index (κ1) is 22.7. The Kier molecular flexibility index (Phi) is 7.61. The number of aromatic nitrogens is 3. The van der Waals surface area contributed by atoms with Crippen molar-refractivity contribution in [2.45, 2.75) is 57.8 Å². The van der Waals surface area contributed by atoms with Crippen LogP contribution in [0.25, 0.3) is 11.4 Å². The first-order valence-corrected chi connectivity index (χ1v) is 10.5. The Morgan fingerprint density at radius 1 is 1.21 bits per heavy atom. The van der Waals surface area contributed by atoms with Crippen molar-refractivity contribution in [3.8, 4) is 11.4 Å². The van der Waals surface area contributed by atoms with E-state index < -0.39 is 11.9 Å². The molecule has 0 unspecified atom stereocenters. The van der Waals surface area contributed by atoms with Gasteiger partial charge in [-0.1, -0.05) is 62.9 Å². The molecule has 0 radical (unpaired) electrons. The van der Waals surface area contributed by atoms with E-state index in [0.29, 0.717) is 17.5 Å². The molecule has 156 valence electrons. The second-order valence-corrected chi connectivity index (χ2v) is 8.94. The maximum absolute atomic E-state index is 12.0. The van der Waals surface area contributed by atoms with Crippen LogP contribution in [0, 0.1) is 0 Å². The van der Waals surface area contributed by atoms with Crippen molar-refractivity contribution >= 4 is 23.7 Å². The Bertz CT molecular complexity index is 866. The van der Waals surface area contributed by atoms with Gasteiger partial charge >= 0.3 is 6.03 Å². The first-order chi connectivity index (χ1) is 13.6. The molecule has 0 atom stereocenters. The fourth-order valence-electron chi connectivity index (χ4n) is 2.61. The average molecular weight is 416 g/mol. The van der Waals surface area contributed by atoms with Gasteiger partial charge in [-0.15, -0.1) is 16.8 Å². The molecule has 8 heteroatoms. The molecule has 0 saturated carbocycles. The molecular formula is C21H29N5O2S. The van der Waals surface area contributed by atoms with Crippen molar-refractivity contribution in [2.24, 2.45) is 0 Å². The van der Waals surface area contributed by atoms with Gasteiger partial charge in [-0.25, -0.2) is 4.79 Å². The van der Waals surface area contributed by atoms with Crippen LogP contribution < -0.4 is 10.6 Å². The fraction of sp³-hybridized carbons (Fsp3) is 0.429. The van der Waals surface area contributed by atoms with Crippen molar-refractivity contribution in [1.82, 2.24) is 25.4 Å². The van der Waals surface area contributed by atoms with Crippen molar-refractivity contribution in [3.63, 3.8) is 0 Å². The highest BCUT2D eigenvalue weighted by molar-refractivity contribution is 7.99. The summed E-state index contributed by atoms with van der Waals surface area (Å²) in [5, 5.41) is 14.1. The molecule has 0 aliphatic heterocycles. The molecule has 3 amide bonds. The second-order valence-electron chi connectivity index (χ2n) is 8.00. The number of carbonyl (C=O) groups is 2. The largest absolute Gasteiger partial charge is 0.336 e. The number of nitrogens with zero attached hydrogens (tertiary/aromatic N) is 3. The number of rotatable bonds is 7. The van der Waals surface area contributed by atoms with Gasteiger partial charge in [-0.2, -0.15) is 0 Å². The zero-order chi connectivity index (χ0) is 21.6. The van der Waals surface area contributed by atoms with Crippen LogP contribution >= 0.6 is 11.8 Å². The van der Waals surface area contributed by atoms with Gasteiger partial charge in [0.05, 0.1) is 5.75 Å². The van der Waals surface area contributed by atoms with Gasteiger partial charge in [0.15, 0.2) is 11.0 Å². The van der Waals surface area contributed by atoms with Crippen LogP contribution in [0.4, 0.5) is 4.79 Å². The summed E-state index contributed by atoms with van der Waals surface area (Å²) in [5.74, 6) is 0.382. The normalized spacial score (nSPS) is 11.4. The van der Waals surface area contributed by atoms with Crippen molar-refractivity contribution in [3.05, 3.63) is 42.5 Å². The van der Waals surface area contributed by atoms with E-state index in [9.17, 15) is 9.59 Å². The minimum Gasteiger partial charge on any atom is -0.336 e. The quantitative estimate of drug-likeness (QED) is 0.531. The summed E-state index contributed by atoms with van der Waals surface area (Å²) in [5.41, 5.74) is 2.26. The van der Waals surface area contributed by atoms with Crippen LogP contribution in [0.3, 0.4) is 0 Å². The number of hydrogen-bond donors (Lipinski definition) is 2. The van der Waals surface area contributed by atoms with Gasteiger partial charge in [0, 0.05) is 18.2 Å². The molecule has 1 aromatic carbocycles. The maximum Gasteiger partial charge on any atom is 0.321 e. The Hall–Kier alpha value is -2.61. The smallest absolute Gasteiger partial charge is 0.321 e. The lowest BCUT2D eigenvalue weighted by Crippen LogP contribution is -2.43. The van der Waals surface area contributed by atoms with E-state index in [0.717, 1.165) is 5.56 Å². The standard InChI is InChI=1S/C21H29N5O2S/c1-7-12-26-18(15-8-10-16(11-9-15)21(4,5)6)24-25-20(26)29-13-17(27)23-19(28)22-14(2)3/h7-11,14H,1,12-13H2,2-6H3,(H2,22,23,27,28). The Morgan fingerprint density at radius 3 is 2.41 bits per heavy atom. The molecule has 0 saturated heterocycles. The summed E-state index contributed by atoms with van der Waals surface area (Å²) in [6.45, 7) is 14.5. The number of urea groups is 1. The number of allylic oxidation sites excluding steroid dienone is 1.